The lowest BCUT2D eigenvalue weighted by molar-refractivity contribution is -0.384. The van der Waals surface area contributed by atoms with Gasteiger partial charge >= 0.3 is 5.97 Å². The molecule has 2 saturated heterocycles. The van der Waals surface area contributed by atoms with E-state index in [1.807, 2.05) is 6.92 Å². The molecular formula is C29H35FN2O8SSi. The first-order chi connectivity index (χ1) is 19.4. The fraction of sp³-hybridized carbons (Fsp3) is 0.448. The lowest BCUT2D eigenvalue weighted by Gasteiger charge is -2.49. The van der Waals surface area contributed by atoms with Gasteiger partial charge in [-0.25, -0.2) is 17.6 Å². The van der Waals surface area contributed by atoms with E-state index < -0.39 is 59.0 Å². The summed E-state index contributed by atoms with van der Waals surface area (Å²) in [7, 11) is -6.33. The lowest BCUT2D eigenvalue weighted by atomic mass is 9.84. The van der Waals surface area contributed by atoms with Crippen molar-refractivity contribution in [3.05, 3.63) is 81.0 Å². The van der Waals surface area contributed by atoms with Gasteiger partial charge in [0.25, 0.3) is 5.69 Å². The quantitative estimate of drug-likeness (QED) is 0.0942. The molecule has 4 rings (SSSR count). The molecule has 0 spiro atoms. The number of sulfone groups is 1. The number of carbonyl (C=O) groups is 2. The summed E-state index contributed by atoms with van der Waals surface area (Å²) in [6, 6.07) is 8.05. The van der Waals surface area contributed by atoms with E-state index in [4.69, 9.17) is 9.16 Å². The maximum Gasteiger partial charge on any atom is 0.333 e. The van der Waals surface area contributed by atoms with Crippen molar-refractivity contribution in [2.45, 2.75) is 81.9 Å². The van der Waals surface area contributed by atoms with Crippen LogP contribution in [0.25, 0.3) is 0 Å². The molecule has 0 saturated carbocycles. The van der Waals surface area contributed by atoms with Crippen molar-refractivity contribution in [2.75, 3.05) is 0 Å². The van der Waals surface area contributed by atoms with Crippen LogP contribution >= 0.6 is 0 Å². The van der Waals surface area contributed by atoms with E-state index in [-0.39, 0.29) is 40.1 Å². The van der Waals surface area contributed by atoms with Gasteiger partial charge in [-0.3, -0.25) is 14.9 Å². The van der Waals surface area contributed by atoms with Gasteiger partial charge in [0.2, 0.25) is 5.91 Å². The Balaban J connectivity index is 1.62. The summed E-state index contributed by atoms with van der Waals surface area (Å²) in [4.78, 5) is 38.5. The van der Waals surface area contributed by atoms with Crippen molar-refractivity contribution >= 4 is 35.7 Å². The number of nitro benzene ring substituents is 1. The SMILES string of the molecule is C[C@@H](O[Si](C)(C)C(C)(C)C)[C@H]1C(=O)N2[C@H](C(=O)OCc3ccc([N+](=O)[O-])cc3)/C(=C\S(=O)(=O)c3ccc(F)cc3)C[C@H]12. The van der Waals surface area contributed by atoms with Crippen LogP contribution in [0, 0.1) is 21.8 Å². The smallest absolute Gasteiger partial charge is 0.333 e. The molecule has 226 valence electrons. The number of β-lactam (4-membered cyclic amide) rings is 1. The molecule has 1 amide bonds. The van der Waals surface area contributed by atoms with Crippen LogP contribution in [0.2, 0.25) is 18.1 Å². The molecule has 0 unspecified atom stereocenters. The Morgan fingerprint density at radius 2 is 1.76 bits per heavy atom. The number of rotatable bonds is 9. The number of amides is 1. The summed E-state index contributed by atoms with van der Waals surface area (Å²) in [5.41, 5.74) is 0.553. The number of ether oxygens (including phenoxy) is 1. The Labute approximate surface area is 245 Å². The second kappa shape index (κ2) is 11.3. The van der Waals surface area contributed by atoms with Gasteiger partial charge in [0, 0.05) is 17.5 Å². The number of halogens is 1. The zero-order valence-corrected chi connectivity index (χ0v) is 26.2. The fourth-order valence-corrected chi connectivity index (χ4v) is 7.82. The second-order valence-electron chi connectivity index (χ2n) is 12.3. The Kier molecular flexibility index (Phi) is 8.51. The predicted molar refractivity (Wildman–Crippen MR) is 155 cm³/mol. The molecule has 2 heterocycles. The molecule has 2 fully saturated rings. The number of hydrogen-bond acceptors (Lipinski definition) is 8. The minimum Gasteiger partial charge on any atom is -0.459 e. The Hall–Kier alpha value is -3.42. The van der Waals surface area contributed by atoms with Crippen LogP contribution in [0.3, 0.4) is 0 Å². The van der Waals surface area contributed by atoms with Gasteiger partial charge in [-0.05, 0) is 79.0 Å². The third kappa shape index (κ3) is 6.18. The number of hydrogen-bond donors (Lipinski definition) is 0. The Bertz CT molecular complexity index is 1520. The van der Waals surface area contributed by atoms with Crippen LogP contribution < -0.4 is 0 Å². The number of non-ortho nitro benzene ring substituents is 1. The molecular weight excluding hydrogens is 583 g/mol. The number of nitrogens with zero attached hydrogens (tertiary/aromatic N) is 2. The van der Waals surface area contributed by atoms with Crippen LogP contribution in [-0.4, -0.2) is 56.6 Å². The third-order valence-corrected chi connectivity index (χ3v) is 14.5. The van der Waals surface area contributed by atoms with Gasteiger partial charge in [0.05, 0.1) is 27.9 Å². The summed E-state index contributed by atoms with van der Waals surface area (Å²) in [5, 5.41) is 11.8. The molecule has 2 aromatic carbocycles. The summed E-state index contributed by atoms with van der Waals surface area (Å²) in [5.74, 6) is -2.31. The van der Waals surface area contributed by atoms with E-state index >= 15 is 0 Å². The molecule has 0 aliphatic carbocycles. The van der Waals surface area contributed by atoms with Gasteiger partial charge in [-0.1, -0.05) is 20.8 Å². The molecule has 42 heavy (non-hydrogen) atoms. The van der Waals surface area contributed by atoms with Crippen molar-refractivity contribution in [3.63, 3.8) is 0 Å². The van der Waals surface area contributed by atoms with Crippen molar-refractivity contribution in [1.29, 1.82) is 0 Å². The largest absolute Gasteiger partial charge is 0.459 e. The highest BCUT2D eigenvalue weighted by Gasteiger charge is 2.61. The van der Waals surface area contributed by atoms with Crippen molar-refractivity contribution < 1.29 is 36.5 Å². The van der Waals surface area contributed by atoms with Gasteiger partial charge in [-0.2, -0.15) is 0 Å². The highest BCUT2D eigenvalue weighted by Crippen LogP contribution is 2.47. The predicted octanol–water partition coefficient (Wildman–Crippen LogP) is 5.14. The lowest BCUT2D eigenvalue weighted by Crippen LogP contribution is -2.66. The number of esters is 1. The number of benzene rings is 2. The Morgan fingerprint density at radius 3 is 2.31 bits per heavy atom. The molecule has 2 aliphatic heterocycles. The van der Waals surface area contributed by atoms with Crippen LogP contribution in [0.5, 0.6) is 0 Å². The van der Waals surface area contributed by atoms with E-state index in [9.17, 15) is 32.5 Å². The van der Waals surface area contributed by atoms with E-state index in [2.05, 4.69) is 33.9 Å². The summed E-state index contributed by atoms with van der Waals surface area (Å²) >= 11 is 0. The van der Waals surface area contributed by atoms with E-state index in [1.54, 1.807) is 0 Å². The summed E-state index contributed by atoms with van der Waals surface area (Å²) in [6.07, 6.45) is -0.330. The van der Waals surface area contributed by atoms with Crippen molar-refractivity contribution in [1.82, 2.24) is 4.90 Å². The molecule has 2 aromatic rings. The first-order valence-corrected chi connectivity index (χ1v) is 18.0. The number of carbonyl (C=O) groups excluding carboxylic acids is 2. The average molecular weight is 619 g/mol. The normalized spacial score (nSPS) is 22.5. The maximum absolute atomic E-state index is 13.5. The summed E-state index contributed by atoms with van der Waals surface area (Å²) < 4.78 is 51.9. The molecule has 0 radical (unpaired) electrons. The maximum atomic E-state index is 13.5. The van der Waals surface area contributed by atoms with E-state index in [0.29, 0.717) is 5.56 Å². The van der Waals surface area contributed by atoms with Gasteiger partial charge in [0.15, 0.2) is 24.2 Å². The zero-order valence-electron chi connectivity index (χ0n) is 24.4. The molecule has 13 heteroatoms. The fourth-order valence-electron chi connectivity index (χ4n) is 5.11. The van der Waals surface area contributed by atoms with Crippen molar-refractivity contribution in [2.24, 2.45) is 5.92 Å². The van der Waals surface area contributed by atoms with Crippen LogP contribution in [0.1, 0.15) is 39.7 Å². The molecule has 2 aliphatic rings. The zero-order chi connectivity index (χ0) is 31.2. The number of nitro groups is 1. The van der Waals surface area contributed by atoms with Gasteiger partial charge in [0.1, 0.15) is 12.4 Å². The molecule has 4 atom stereocenters. The molecule has 0 aromatic heterocycles. The number of fused-ring (bicyclic) bond motifs is 1. The molecule has 0 bridgehead atoms. The second-order valence-corrected chi connectivity index (χ2v) is 18.8. The summed E-state index contributed by atoms with van der Waals surface area (Å²) in [6.45, 7) is 12.0. The minimum absolute atomic E-state index is 0.0953. The highest BCUT2D eigenvalue weighted by molar-refractivity contribution is 7.94. The average Bonchev–Trinajstić information content (AvgIpc) is 3.20. The third-order valence-electron chi connectivity index (χ3n) is 8.38. The van der Waals surface area contributed by atoms with Crippen LogP contribution in [0.4, 0.5) is 10.1 Å². The van der Waals surface area contributed by atoms with Crippen LogP contribution in [0.15, 0.2) is 64.4 Å². The van der Waals surface area contributed by atoms with Crippen molar-refractivity contribution in [3.8, 4) is 0 Å². The topological polar surface area (TPSA) is 133 Å². The highest BCUT2D eigenvalue weighted by atomic mass is 32.2. The minimum atomic E-state index is -4.09. The van der Waals surface area contributed by atoms with E-state index in [1.165, 1.54) is 29.2 Å². The molecule has 10 nitrogen and oxygen atoms in total. The van der Waals surface area contributed by atoms with E-state index in [0.717, 1.165) is 29.7 Å². The van der Waals surface area contributed by atoms with Gasteiger partial charge in [-0.15, -0.1) is 0 Å². The Morgan fingerprint density at radius 1 is 1.17 bits per heavy atom. The first kappa shape index (κ1) is 31.5. The monoisotopic (exact) mass is 618 g/mol. The molecule has 0 N–H and O–H groups in total. The first-order valence-electron chi connectivity index (χ1n) is 13.5. The van der Waals surface area contributed by atoms with Gasteiger partial charge < -0.3 is 14.1 Å². The van der Waals surface area contributed by atoms with Crippen LogP contribution in [-0.2, 0) is 35.2 Å². The standard InChI is InChI=1S/C29H35FN2O8SSi/c1-18(40-42(5,6)29(2,3)4)25-24-15-20(17-41(37,38)23-13-9-21(30)10-14-23)26(31(24)27(25)33)28(34)39-16-19-7-11-22(12-8-19)32(35)36/h7-14,17-18,24-26H,15-16H2,1-6H3/b20-17-/t18-,24-,25-,26+/m1/s1.